The van der Waals surface area contributed by atoms with Crippen LogP contribution in [0.5, 0.6) is 0 Å². The van der Waals surface area contributed by atoms with Crippen LogP contribution in [-0.4, -0.2) is 31.8 Å². The highest BCUT2D eigenvalue weighted by Crippen LogP contribution is 2.65. The van der Waals surface area contributed by atoms with Crippen molar-refractivity contribution in [3.63, 3.8) is 0 Å². The number of hydrogen-bond donors (Lipinski definition) is 2. The fraction of sp³-hybridized carbons (Fsp3) is 0.333. The van der Waals surface area contributed by atoms with Gasteiger partial charge in [0.25, 0.3) is 5.56 Å². The maximum Gasteiger partial charge on any atom is 0.272 e. The Kier molecular flexibility index (Phi) is 4.02. The zero-order valence-electron chi connectivity index (χ0n) is 17.3. The molecule has 0 saturated heterocycles. The summed E-state index contributed by atoms with van der Waals surface area (Å²) in [5, 5.41) is 14.9. The lowest BCUT2D eigenvalue weighted by molar-refractivity contribution is -0.142. The smallest absolute Gasteiger partial charge is 0.272 e. The number of rotatable bonds is 4. The van der Waals surface area contributed by atoms with Gasteiger partial charge in [-0.25, -0.2) is 14.0 Å². The number of carbonyl (C=O) groups excluding carboxylic acids is 1. The van der Waals surface area contributed by atoms with Crippen LogP contribution in [0.25, 0.3) is 16.3 Å². The Morgan fingerprint density at radius 3 is 2.72 bits per heavy atom. The SMILES string of the molecule is O=C(Cc1cnn2ccccc12)NC1CC2(C1)CC(F)(c1n[nH]c(=O)c3ccccc13)C2. The van der Waals surface area contributed by atoms with Crippen molar-refractivity contribution in [1.82, 2.24) is 25.1 Å². The summed E-state index contributed by atoms with van der Waals surface area (Å²) in [4.78, 5) is 24.5. The number of benzene rings is 1. The number of H-pyrrole nitrogens is 1. The van der Waals surface area contributed by atoms with Gasteiger partial charge in [0, 0.05) is 23.2 Å². The van der Waals surface area contributed by atoms with Crippen LogP contribution < -0.4 is 10.9 Å². The molecule has 7 nitrogen and oxygen atoms in total. The van der Waals surface area contributed by atoms with Gasteiger partial charge in [-0.15, -0.1) is 0 Å². The van der Waals surface area contributed by atoms with Crippen LogP contribution >= 0.6 is 0 Å². The van der Waals surface area contributed by atoms with Gasteiger partial charge in [-0.2, -0.15) is 10.2 Å². The van der Waals surface area contributed by atoms with E-state index in [1.54, 1.807) is 35.0 Å². The van der Waals surface area contributed by atoms with Crippen molar-refractivity contribution in [1.29, 1.82) is 0 Å². The quantitative estimate of drug-likeness (QED) is 0.520. The Morgan fingerprint density at radius 2 is 1.91 bits per heavy atom. The Hall–Kier alpha value is -3.55. The number of amides is 1. The first-order valence-corrected chi connectivity index (χ1v) is 10.8. The summed E-state index contributed by atoms with van der Waals surface area (Å²) in [5.74, 6) is -0.0391. The minimum Gasteiger partial charge on any atom is -0.353 e. The number of carbonyl (C=O) groups is 1. The number of nitrogens with one attached hydrogen (secondary N) is 2. The van der Waals surface area contributed by atoms with Gasteiger partial charge in [-0.05, 0) is 49.3 Å². The van der Waals surface area contributed by atoms with E-state index in [0.29, 0.717) is 29.3 Å². The maximum atomic E-state index is 15.7. The maximum absolute atomic E-state index is 15.7. The van der Waals surface area contributed by atoms with Gasteiger partial charge in [0.15, 0.2) is 5.67 Å². The van der Waals surface area contributed by atoms with Crippen LogP contribution in [0, 0.1) is 5.41 Å². The molecule has 3 aromatic heterocycles. The predicted molar refractivity (Wildman–Crippen MR) is 117 cm³/mol. The topological polar surface area (TPSA) is 92.2 Å². The second-order valence-electron chi connectivity index (χ2n) is 9.32. The first kappa shape index (κ1) is 19.2. The lowest BCUT2D eigenvalue weighted by atomic mass is 9.48. The molecule has 0 unspecified atom stereocenters. The molecule has 1 spiro atoms. The first-order chi connectivity index (χ1) is 15.4. The van der Waals surface area contributed by atoms with E-state index >= 15 is 4.39 Å². The molecule has 8 heteroatoms. The molecule has 0 radical (unpaired) electrons. The van der Waals surface area contributed by atoms with E-state index < -0.39 is 5.67 Å². The summed E-state index contributed by atoms with van der Waals surface area (Å²) >= 11 is 0. The number of aromatic amines is 1. The summed E-state index contributed by atoms with van der Waals surface area (Å²) in [6, 6.07) is 12.8. The van der Waals surface area contributed by atoms with Crippen molar-refractivity contribution >= 4 is 22.2 Å². The van der Waals surface area contributed by atoms with Crippen molar-refractivity contribution in [2.45, 2.75) is 43.8 Å². The van der Waals surface area contributed by atoms with E-state index in [4.69, 9.17) is 0 Å². The third kappa shape index (κ3) is 2.93. The fourth-order valence-corrected chi connectivity index (χ4v) is 5.71. The molecule has 2 N–H and O–H groups in total. The molecule has 32 heavy (non-hydrogen) atoms. The predicted octanol–water partition coefficient (Wildman–Crippen LogP) is 3.04. The summed E-state index contributed by atoms with van der Waals surface area (Å²) in [7, 11) is 0. The Morgan fingerprint density at radius 1 is 1.16 bits per heavy atom. The van der Waals surface area contributed by atoms with Gasteiger partial charge in [0.1, 0.15) is 5.69 Å². The molecule has 2 aliphatic carbocycles. The molecule has 4 aromatic rings. The van der Waals surface area contributed by atoms with E-state index in [-0.39, 0.29) is 29.3 Å². The van der Waals surface area contributed by atoms with E-state index in [2.05, 4.69) is 20.6 Å². The summed E-state index contributed by atoms with van der Waals surface area (Å²) in [6.45, 7) is 0. The lowest BCUT2D eigenvalue weighted by Crippen LogP contribution is -2.60. The Bertz CT molecular complexity index is 1410. The molecule has 2 fully saturated rings. The van der Waals surface area contributed by atoms with E-state index in [1.807, 2.05) is 24.4 Å². The molecule has 0 bridgehead atoms. The molecule has 0 atom stereocenters. The summed E-state index contributed by atoms with van der Waals surface area (Å²) < 4.78 is 17.5. The average molecular weight is 431 g/mol. The van der Waals surface area contributed by atoms with Gasteiger partial charge < -0.3 is 5.32 Å². The molecular weight excluding hydrogens is 409 g/mol. The van der Waals surface area contributed by atoms with Crippen LogP contribution in [0.4, 0.5) is 4.39 Å². The Balaban J connectivity index is 1.10. The van der Waals surface area contributed by atoms with Crippen molar-refractivity contribution in [3.05, 3.63) is 76.5 Å². The van der Waals surface area contributed by atoms with Crippen molar-refractivity contribution in [2.24, 2.45) is 5.41 Å². The van der Waals surface area contributed by atoms with Gasteiger partial charge in [-0.3, -0.25) is 9.59 Å². The molecule has 1 aromatic carbocycles. The number of nitrogens with zero attached hydrogens (tertiary/aromatic N) is 3. The Labute approximate surface area is 182 Å². The third-order valence-corrected chi connectivity index (χ3v) is 7.01. The molecule has 6 rings (SSSR count). The van der Waals surface area contributed by atoms with Gasteiger partial charge in [0.05, 0.1) is 23.5 Å². The standard InChI is InChI=1S/C24H22FN5O2/c25-24(21-17-5-1-2-6-18(17)22(32)29-28-21)13-23(14-24)10-16(11-23)27-20(31)9-15-12-26-30-8-4-3-7-19(15)30/h1-8,12,16H,9-11,13-14H2,(H,27,31)(H,29,32). The minimum atomic E-state index is -1.55. The number of alkyl halides is 1. The average Bonchev–Trinajstić information content (AvgIpc) is 3.14. The van der Waals surface area contributed by atoms with Gasteiger partial charge >= 0.3 is 0 Å². The van der Waals surface area contributed by atoms with Gasteiger partial charge in [0.2, 0.25) is 5.91 Å². The van der Waals surface area contributed by atoms with E-state index in [1.165, 1.54) is 0 Å². The first-order valence-electron chi connectivity index (χ1n) is 10.8. The number of fused-ring (bicyclic) bond motifs is 2. The lowest BCUT2D eigenvalue weighted by Gasteiger charge is -2.60. The highest BCUT2D eigenvalue weighted by atomic mass is 19.1. The molecular formula is C24H22FN5O2. The summed E-state index contributed by atoms with van der Waals surface area (Å²) in [5.41, 5.74) is 0.180. The van der Waals surface area contributed by atoms with Gasteiger partial charge in [-0.1, -0.05) is 24.3 Å². The fourth-order valence-electron chi connectivity index (χ4n) is 5.71. The zero-order valence-corrected chi connectivity index (χ0v) is 17.3. The molecule has 162 valence electrons. The largest absolute Gasteiger partial charge is 0.353 e. The number of halogens is 1. The monoisotopic (exact) mass is 431 g/mol. The normalized spacial score (nSPS) is 26.7. The molecule has 2 aliphatic rings. The minimum absolute atomic E-state index is 0.0391. The number of pyridine rings is 1. The zero-order chi connectivity index (χ0) is 21.9. The molecule has 1 amide bonds. The van der Waals surface area contributed by atoms with Crippen LogP contribution in [0.15, 0.2) is 59.7 Å². The van der Waals surface area contributed by atoms with Crippen LogP contribution in [0.1, 0.15) is 36.9 Å². The van der Waals surface area contributed by atoms with Crippen LogP contribution in [0.3, 0.4) is 0 Å². The molecule has 3 heterocycles. The second kappa shape index (κ2) is 6.72. The number of hydrogen-bond acceptors (Lipinski definition) is 4. The van der Waals surface area contributed by atoms with Crippen molar-refractivity contribution in [3.8, 4) is 0 Å². The highest BCUT2D eigenvalue weighted by molar-refractivity contribution is 5.84. The van der Waals surface area contributed by atoms with Crippen LogP contribution in [0.2, 0.25) is 0 Å². The van der Waals surface area contributed by atoms with Crippen molar-refractivity contribution in [2.75, 3.05) is 0 Å². The van der Waals surface area contributed by atoms with E-state index in [9.17, 15) is 9.59 Å². The van der Waals surface area contributed by atoms with Crippen molar-refractivity contribution < 1.29 is 9.18 Å². The number of aromatic nitrogens is 4. The molecule has 2 saturated carbocycles. The van der Waals surface area contributed by atoms with E-state index in [0.717, 1.165) is 23.9 Å². The summed E-state index contributed by atoms with van der Waals surface area (Å²) in [6.07, 6.45) is 6.11. The van der Waals surface area contributed by atoms with Crippen LogP contribution in [-0.2, 0) is 16.9 Å². The molecule has 0 aliphatic heterocycles. The third-order valence-electron chi connectivity index (χ3n) is 7.01. The second-order valence-corrected chi connectivity index (χ2v) is 9.32. The highest BCUT2D eigenvalue weighted by Gasteiger charge is 2.62.